The number of nitro benzene ring substituents is 1. The van der Waals surface area contributed by atoms with Gasteiger partial charge in [0, 0.05) is 22.3 Å². The largest absolute Gasteiger partial charge is 0.462 e. The van der Waals surface area contributed by atoms with Crippen LogP contribution in [0.25, 0.3) is 0 Å². The van der Waals surface area contributed by atoms with E-state index in [1.165, 1.54) is 0 Å². The predicted octanol–water partition coefficient (Wildman–Crippen LogP) is 3.33. The van der Waals surface area contributed by atoms with Gasteiger partial charge in [-0.1, -0.05) is 15.9 Å². The molecule has 2 aromatic rings. The molecule has 0 aliphatic carbocycles. The lowest BCUT2D eigenvalue weighted by Crippen LogP contribution is -2.21. The molecule has 0 radical (unpaired) electrons. The van der Waals surface area contributed by atoms with Crippen LogP contribution in [0.3, 0.4) is 0 Å². The van der Waals surface area contributed by atoms with Crippen LogP contribution in [0.5, 0.6) is 0 Å². The maximum Gasteiger partial charge on any atom is 0.338 e. The van der Waals surface area contributed by atoms with Gasteiger partial charge in [0.15, 0.2) is 6.61 Å². The van der Waals surface area contributed by atoms with Crippen LogP contribution < -0.4 is 5.32 Å². The Hall–Kier alpha value is -3.27. The zero-order valence-electron chi connectivity index (χ0n) is 14.6. The van der Waals surface area contributed by atoms with Crippen LogP contribution in [0.4, 0.5) is 11.4 Å². The smallest absolute Gasteiger partial charge is 0.338 e. The number of non-ortho nitro benzene ring substituents is 1. The summed E-state index contributed by atoms with van der Waals surface area (Å²) in [4.78, 5) is 46.2. The van der Waals surface area contributed by atoms with E-state index in [1.807, 2.05) is 0 Å². The van der Waals surface area contributed by atoms with Crippen molar-refractivity contribution in [1.29, 1.82) is 0 Å². The number of benzene rings is 2. The highest BCUT2D eigenvalue weighted by atomic mass is 79.9. The molecule has 0 spiro atoms. The Morgan fingerprint density at radius 2 is 1.61 bits per heavy atom. The lowest BCUT2D eigenvalue weighted by molar-refractivity contribution is -0.384. The fourth-order valence-electron chi connectivity index (χ4n) is 2.11. The van der Waals surface area contributed by atoms with E-state index in [4.69, 9.17) is 9.47 Å². The van der Waals surface area contributed by atoms with Crippen molar-refractivity contribution in [3.05, 3.63) is 68.2 Å². The van der Waals surface area contributed by atoms with Crippen LogP contribution >= 0.6 is 15.9 Å². The van der Waals surface area contributed by atoms with Crippen molar-refractivity contribution >= 4 is 45.2 Å². The molecule has 0 aliphatic heterocycles. The topological polar surface area (TPSA) is 125 Å². The summed E-state index contributed by atoms with van der Waals surface area (Å²) in [5.74, 6) is -2.39. The molecule has 9 nitrogen and oxygen atoms in total. The van der Waals surface area contributed by atoms with E-state index in [1.54, 1.807) is 31.2 Å². The van der Waals surface area contributed by atoms with E-state index in [2.05, 4.69) is 21.2 Å². The monoisotopic (exact) mass is 450 g/mol. The normalized spacial score (nSPS) is 10.1. The average Bonchev–Trinajstić information content (AvgIpc) is 2.67. The highest BCUT2D eigenvalue weighted by Crippen LogP contribution is 2.19. The van der Waals surface area contributed by atoms with Gasteiger partial charge in [-0.25, -0.2) is 9.59 Å². The number of nitro groups is 1. The third-order valence-corrected chi connectivity index (χ3v) is 3.87. The summed E-state index contributed by atoms with van der Waals surface area (Å²) in [5, 5.41) is 13.6. The Bertz CT molecular complexity index is 913. The second kappa shape index (κ2) is 9.60. The molecule has 0 bridgehead atoms. The SMILES string of the molecule is CCOC(=O)c1cc(C(=O)OCC(=O)Nc2ccc(Br)cc2)cc([N+](=O)[O-])c1. The quantitative estimate of drug-likeness (QED) is 0.389. The van der Waals surface area contributed by atoms with Crippen molar-refractivity contribution in [2.24, 2.45) is 0 Å². The molecular weight excluding hydrogens is 436 g/mol. The number of nitrogens with one attached hydrogen (secondary N) is 1. The molecule has 1 N–H and O–H groups in total. The number of nitrogens with zero attached hydrogens (tertiary/aromatic N) is 1. The molecule has 0 heterocycles. The lowest BCUT2D eigenvalue weighted by Gasteiger charge is -2.08. The number of esters is 2. The number of hydrogen-bond acceptors (Lipinski definition) is 7. The molecule has 0 aliphatic rings. The average molecular weight is 451 g/mol. The van der Waals surface area contributed by atoms with Crippen molar-refractivity contribution in [1.82, 2.24) is 0 Å². The van der Waals surface area contributed by atoms with E-state index in [0.717, 1.165) is 22.7 Å². The van der Waals surface area contributed by atoms with Gasteiger partial charge in [0.25, 0.3) is 11.6 Å². The van der Waals surface area contributed by atoms with Crippen molar-refractivity contribution in [3.63, 3.8) is 0 Å². The van der Waals surface area contributed by atoms with E-state index in [9.17, 15) is 24.5 Å². The second-order valence-corrected chi connectivity index (χ2v) is 6.29. The second-order valence-electron chi connectivity index (χ2n) is 5.38. The van der Waals surface area contributed by atoms with Crippen molar-refractivity contribution in [2.45, 2.75) is 6.92 Å². The van der Waals surface area contributed by atoms with Gasteiger partial charge in [-0.05, 0) is 37.3 Å². The minimum absolute atomic E-state index is 0.0670. The summed E-state index contributed by atoms with van der Waals surface area (Å²) < 4.78 is 10.5. The predicted molar refractivity (Wildman–Crippen MR) is 102 cm³/mol. The molecule has 0 atom stereocenters. The molecule has 2 rings (SSSR count). The van der Waals surface area contributed by atoms with E-state index in [0.29, 0.717) is 5.69 Å². The van der Waals surface area contributed by atoms with Crippen LogP contribution in [-0.2, 0) is 14.3 Å². The maximum absolute atomic E-state index is 12.2. The van der Waals surface area contributed by atoms with Crippen LogP contribution in [-0.4, -0.2) is 36.0 Å². The molecule has 1 amide bonds. The van der Waals surface area contributed by atoms with Gasteiger partial charge in [-0.15, -0.1) is 0 Å². The maximum atomic E-state index is 12.2. The van der Waals surface area contributed by atoms with E-state index < -0.39 is 35.1 Å². The van der Waals surface area contributed by atoms with Gasteiger partial charge in [0.2, 0.25) is 0 Å². The number of anilines is 1. The van der Waals surface area contributed by atoms with Gasteiger partial charge in [0.1, 0.15) is 0 Å². The van der Waals surface area contributed by atoms with Gasteiger partial charge in [-0.2, -0.15) is 0 Å². The molecule has 0 saturated heterocycles. The van der Waals surface area contributed by atoms with Gasteiger partial charge in [0.05, 0.1) is 22.7 Å². The first-order valence-corrected chi connectivity index (χ1v) is 8.78. The third kappa shape index (κ3) is 5.88. The zero-order chi connectivity index (χ0) is 20.7. The third-order valence-electron chi connectivity index (χ3n) is 3.34. The number of carbonyl (C=O) groups excluding carboxylic acids is 3. The minimum atomic E-state index is -0.986. The molecule has 10 heteroatoms. The molecule has 146 valence electrons. The summed E-state index contributed by atoms with van der Waals surface area (Å²) in [6.45, 7) is 1.04. The Balaban J connectivity index is 2.07. The van der Waals surface area contributed by atoms with Gasteiger partial charge >= 0.3 is 11.9 Å². The molecule has 0 fully saturated rings. The van der Waals surface area contributed by atoms with Crippen molar-refractivity contribution in [2.75, 3.05) is 18.5 Å². The Morgan fingerprint density at radius 3 is 2.14 bits per heavy atom. The summed E-state index contributed by atoms with van der Waals surface area (Å²) in [6, 6.07) is 9.81. The zero-order valence-corrected chi connectivity index (χ0v) is 16.2. The Kier molecular flexibility index (Phi) is 7.21. The van der Waals surface area contributed by atoms with Crippen LogP contribution in [0, 0.1) is 10.1 Å². The first-order valence-electron chi connectivity index (χ1n) is 7.99. The highest BCUT2D eigenvalue weighted by Gasteiger charge is 2.20. The molecule has 2 aromatic carbocycles. The van der Waals surface area contributed by atoms with Crippen LogP contribution in [0.1, 0.15) is 27.6 Å². The summed E-state index contributed by atoms with van der Waals surface area (Å²) >= 11 is 3.27. The summed E-state index contributed by atoms with van der Waals surface area (Å²) in [7, 11) is 0. The lowest BCUT2D eigenvalue weighted by atomic mass is 10.1. The Labute approximate surface area is 167 Å². The van der Waals surface area contributed by atoms with Crippen molar-refractivity contribution in [3.8, 4) is 0 Å². The van der Waals surface area contributed by atoms with Gasteiger partial charge in [-0.3, -0.25) is 14.9 Å². The molecule has 0 unspecified atom stereocenters. The number of hydrogen-bond donors (Lipinski definition) is 1. The first kappa shape index (κ1) is 21.0. The number of ether oxygens (including phenoxy) is 2. The van der Waals surface area contributed by atoms with E-state index >= 15 is 0 Å². The number of amides is 1. The summed E-state index contributed by atoms with van der Waals surface area (Å²) in [6.07, 6.45) is 0. The molecule has 0 aromatic heterocycles. The van der Waals surface area contributed by atoms with Gasteiger partial charge < -0.3 is 14.8 Å². The first-order chi connectivity index (χ1) is 13.3. The van der Waals surface area contributed by atoms with Crippen LogP contribution in [0.2, 0.25) is 0 Å². The minimum Gasteiger partial charge on any atom is -0.462 e. The fourth-order valence-corrected chi connectivity index (χ4v) is 2.38. The number of carbonyl (C=O) groups is 3. The standard InChI is InChI=1S/C18H15BrN2O7/c1-2-27-17(23)11-7-12(9-15(8-11)21(25)26)18(24)28-10-16(22)20-14-5-3-13(19)4-6-14/h3-9H,2,10H2,1H3,(H,20,22). The van der Waals surface area contributed by atoms with E-state index in [-0.39, 0.29) is 17.7 Å². The van der Waals surface area contributed by atoms with Crippen molar-refractivity contribution < 1.29 is 28.8 Å². The molecule has 0 saturated carbocycles. The fraction of sp³-hybridized carbons (Fsp3) is 0.167. The number of rotatable bonds is 7. The summed E-state index contributed by atoms with van der Waals surface area (Å²) in [5.41, 5.74) is -0.378. The van der Waals surface area contributed by atoms with Crippen LogP contribution in [0.15, 0.2) is 46.9 Å². The number of halogens is 1. The highest BCUT2D eigenvalue weighted by molar-refractivity contribution is 9.10. The Morgan fingerprint density at radius 1 is 1.04 bits per heavy atom. The molecular formula is C18H15BrN2O7. The molecule has 28 heavy (non-hydrogen) atoms.